The summed E-state index contributed by atoms with van der Waals surface area (Å²) in [4.78, 5) is 16.9. The lowest BCUT2D eigenvalue weighted by atomic mass is 10.1. The van der Waals surface area contributed by atoms with Crippen molar-refractivity contribution in [1.82, 2.24) is 9.55 Å². The van der Waals surface area contributed by atoms with E-state index in [2.05, 4.69) is 25.8 Å². The highest BCUT2D eigenvalue weighted by atomic mass is 16.5. The summed E-state index contributed by atoms with van der Waals surface area (Å²) < 4.78 is 6.95. The van der Waals surface area contributed by atoms with Gasteiger partial charge in [0.25, 0.3) is 5.56 Å². The molecule has 2 rings (SSSR count). The number of aromatic nitrogens is 2. The fraction of sp³-hybridized carbons (Fsp3) is 0.467. The Kier molecular flexibility index (Phi) is 3.88. The van der Waals surface area contributed by atoms with Gasteiger partial charge in [-0.25, -0.2) is 4.98 Å². The number of nitrogens with zero attached hydrogens (tertiary/aromatic N) is 2. The molecule has 0 fully saturated rings. The number of benzene rings is 1. The maximum absolute atomic E-state index is 12.5. The lowest BCUT2D eigenvalue weighted by Gasteiger charge is -2.17. The van der Waals surface area contributed by atoms with E-state index in [0.29, 0.717) is 22.6 Å². The first-order chi connectivity index (χ1) is 9.04. The summed E-state index contributed by atoms with van der Waals surface area (Å²) in [5.74, 6) is 1.18. The zero-order chi connectivity index (χ0) is 14.0. The predicted molar refractivity (Wildman–Crippen MR) is 76.7 cm³/mol. The molecule has 0 saturated heterocycles. The van der Waals surface area contributed by atoms with Gasteiger partial charge in [-0.15, -0.1) is 0 Å². The van der Waals surface area contributed by atoms with E-state index >= 15 is 0 Å². The highest BCUT2D eigenvalue weighted by Gasteiger charge is 2.13. The van der Waals surface area contributed by atoms with Crippen LogP contribution in [-0.4, -0.2) is 16.7 Å². The number of fused-ring (bicyclic) bond motifs is 1. The largest absolute Gasteiger partial charge is 0.494 e. The van der Waals surface area contributed by atoms with Crippen LogP contribution in [0.15, 0.2) is 29.3 Å². The van der Waals surface area contributed by atoms with Crippen LogP contribution in [0, 0.1) is 5.92 Å². The molecule has 0 saturated carbocycles. The minimum absolute atomic E-state index is 0.00273. The fourth-order valence-electron chi connectivity index (χ4n) is 2.41. The number of hydrogen-bond acceptors (Lipinski definition) is 3. The molecule has 1 atom stereocenters. The number of hydrogen-bond donors (Lipinski definition) is 0. The molecule has 1 heterocycles. The van der Waals surface area contributed by atoms with Gasteiger partial charge in [-0.05, 0) is 31.4 Å². The van der Waals surface area contributed by atoms with E-state index in [-0.39, 0.29) is 11.6 Å². The van der Waals surface area contributed by atoms with Gasteiger partial charge in [0.1, 0.15) is 11.3 Å². The van der Waals surface area contributed by atoms with Crippen molar-refractivity contribution >= 4 is 10.9 Å². The second-order valence-corrected chi connectivity index (χ2v) is 5.29. The Morgan fingerprint density at radius 3 is 2.68 bits per heavy atom. The molecule has 1 aromatic heterocycles. The Hall–Kier alpha value is -1.84. The molecule has 0 aliphatic heterocycles. The molecule has 2 aromatic rings. The molecule has 0 radical (unpaired) electrons. The Morgan fingerprint density at radius 1 is 1.32 bits per heavy atom. The zero-order valence-electron chi connectivity index (χ0n) is 11.9. The van der Waals surface area contributed by atoms with E-state index in [4.69, 9.17) is 4.74 Å². The first kappa shape index (κ1) is 13.6. The molecule has 0 bridgehead atoms. The molecule has 0 N–H and O–H groups in total. The summed E-state index contributed by atoms with van der Waals surface area (Å²) in [5.41, 5.74) is 0.625. The SMILES string of the molecule is COc1cccc2c(=O)n([C@H](C)CC(C)C)cnc12. The third-order valence-corrected chi connectivity index (χ3v) is 3.28. The summed E-state index contributed by atoms with van der Waals surface area (Å²) >= 11 is 0. The molecular weight excluding hydrogens is 240 g/mol. The summed E-state index contributed by atoms with van der Waals surface area (Å²) in [6.45, 7) is 6.35. The Bertz CT molecular complexity index is 632. The van der Waals surface area contributed by atoms with Crippen molar-refractivity contribution < 1.29 is 4.74 Å². The lowest BCUT2D eigenvalue weighted by Crippen LogP contribution is -2.24. The third-order valence-electron chi connectivity index (χ3n) is 3.28. The number of ether oxygens (including phenoxy) is 1. The fourth-order valence-corrected chi connectivity index (χ4v) is 2.41. The van der Waals surface area contributed by atoms with Crippen LogP contribution in [0.2, 0.25) is 0 Å². The predicted octanol–water partition coefficient (Wildman–Crippen LogP) is 3.01. The Labute approximate surface area is 113 Å². The van der Waals surface area contributed by atoms with E-state index in [1.807, 2.05) is 12.1 Å². The van der Waals surface area contributed by atoms with E-state index in [9.17, 15) is 4.79 Å². The Morgan fingerprint density at radius 2 is 2.05 bits per heavy atom. The van der Waals surface area contributed by atoms with Crippen molar-refractivity contribution in [1.29, 1.82) is 0 Å². The lowest BCUT2D eigenvalue weighted by molar-refractivity contribution is 0.412. The first-order valence-electron chi connectivity index (χ1n) is 6.58. The van der Waals surface area contributed by atoms with Crippen molar-refractivity contribution in [3.8, 4) is 5.75 Å². The first-order valence-corrected chi connectivity index (χ1v) is 6.58. The van der Waals surface area contributed by atoms with Gasteiger partial charge in [-0.3, -0.25) is 9.36 Å². The highest BCUT2D eigenvalue weighted by molar-refractivity contribution is 5.83. The summed E-state index contributed by atoms with van der Waals surface area (Å²) in [5, 5.41) is 0.609. The van der Waals surface area contributed by atoms with Crippen LogP contribution in [0.3, 0.4) is 0 Å². The van der Waals surface area contributed by atoms with Crippen molar-refractivity contribution in [2.75, 3.05) is 7.11 Å². The standard InChI is InChI=1S/C15H20N2O2/c1-10(2)8-11(3)17-9-16-14-12(15(17)18)6-5-7-13(14)19-4/h5-7,9-11H,8H2,1-4H3/t11-/m1/s1. The van der Waals surface area contributed by atoms with Gasteiger partial charge in [-0.2, -0.15) is 0 Å². The molecule has 4 nitrogen and oxygen atoms in total. The second kappa shape index (κ2) is 5.43. The quantitative estimate of drug-likeness (QED) is 0.848. The maximum atomic E-state index is 12.5. The van der Waals surface area contributed by atoms with Gasteiger partial charge in [0.15, 0.2) is 0 Å². The molecular formula is C15H20N2O2. The van der Waals surface area contributed by atoms with E-state index in [0.717, 1.165) is 6.42 Å². The zero-order valence-corrected chi connectivity index (χ0v) is 11.9. The van der Waals surface area contributed by atoms with Gasteiger partial charge in [0.05, 0.1) is 18.8 Å². The topological polar surface area (TPSA) is 44.1 Å². The molecule has 0 aliphatic rings. The second-order valence-electron chi connectivity index (χ2n) is 5.29. The number of para-hydroxylation sites is 1. The molecule has 0 amide bonds. The van der Waals surface area contributed by atoms with Gasteiger partial charge in [-0.1, -0.05) is 19.9 Å². The van der Waals surface area contributed by atoms with Crippen LogP contribution in [0.1, 0.15) is 33.2 Å². The van der Waals surface area contributed by atoms with E-state index in [1.54, 1.807) is 24.1 Å². The summed E-state index contributed by atoms with van der Waals surface area (Å²) in [6, 6.07) is 5.58. The third kappa shape index (κ3) is 2.62. The number of rotatable bonds is 4. The summed E-state index contributed by atoms with van der Waals surface area (Å²) in [7, 11) is 1.59. The molecule has 0 unspecified atom stereocenters. The van der Waals surface area contributed by atoms with Crippen molar-refractivity contribution in [2.24, 2.45) is 5.92 Å². The Balaban J connectivity index is 2.55. The maximum Gasteiger partial charge on any atom is 0.261 e. The molecule has 4 heteroatoms. The van der Waals surface area contributed by atoms with Crippen molar-refractivity contribution in [3.05, 3.63) is 34.9 Å². The summed E-state index contributed by atoms with van der Waals surface area (Å²) in [6.07, 6.45) is 2.58. The van der Waals surface area contributed by atoms with Gasteiger partial charge in [0, 0.05) is 6.04 Å². The minimum atomic E-state index is -0.00273. The molecule has 19 heavy (non-hydrogen) atoms. The van der Waals surface area contributed by atoms with Crippen LogP contribution >= 0.6 is 0 Å². The normalized spacial score (nSPS) is 12.9. The minimum Gasteiger partial charge on any atom is -0.494 e. The highest BCUT2D eigenvalue weighted by Crippen LogP contribution is 2.21. The average Bonchev–Trinajstić information content (AvgIpc) is 2.37. The van der Waals surface area contributed by atoms with Crippen LogP contribution in [0.25, 0.3) is 10.9 Å². The molecule has 0 spiro atoms. The van der Waals surface area contributed by atoms with E-state index < -0.39 is 0 Å². The van der Waals surface area contributed by atoms with Gasteiger partial charge in [0.2, 0.25) is 0 Å². The smallest absolute Gasteiger partial charge is 0.261 e. The van der Waals surface area contributed by atoms with Crippen LogP contribution in [-0.2, 0) is 0 Å². The molecule has 1 aromatic carbocycles. The van der Waals surface area contributed by atoms with Crippen molar-refractivity contribution in [3.63, 3.8) is 0 Å². The van der Waals surface area contributed by atoms with Crippen LogP contribution in [0.4, 0.5) is 0 Å². The van der Waals surface area contributed by atoms with Gasteiger partial charge >= 0.3 is 0 Å². The molecule has 102 valence electrons. The van der Waals surface area contributed by atoms with Crippen LogP contribution in [0.5, 0.6) is 5.75 Å². The molecule has 0 aliphatic carbocycles. The van der Waals surface area contributed by atoms with Crippen LogP contribution < -0.4 is 10.3 Å². The number of methoxy groups -OCH3 is 1. The monoisotopic (exact) mass is 260 g/mol. The van der Waals surface area contributed by atoms with Gasteiger partial charge < -0.3 is 4.74 Å². The van der Waals surface area contributed by atoms with Crippen molar-refractivity contribution in [2.45, 2.75) is 33.2 Å². The van der Waals surface area contributed by atoms with E-state index in [1.165, 1.54) is 0 Å². The average molecular weight is 260 g/mol.